The molecule has 1 aliphatic heterocycles. The molecule has 1 aliphatic rings. The van der Waals surface area contributed by atoms with Crippen LogP contribution in [0.25, 0.3) is 0 Å². The third kappa shape index (κ3) is 3.06. The first-order chi connectivity index (χ1) is 9.13. The number of carbonyl (C=O) groups is 1. The molecule has 0 saturated carbocycles. The Bertz CT molecular complexity index is 437. The van der Waals surface area contributed by atoms with Crippen molar-refractivity contribution >= 4 is 11.6 Å². The van der Waals surface area contributed by atoms with Gasteiger partial charge in [0, 0.05) is 25.8 Å². The van der Waals surface area contributed by atoms with E-state index in [-0.39, 0.29) is 5.91 Å². The summed E-state index contributed by atoms with van der Waals surface area (Å²) in [7, 11) is 0. The van der Waals surface area contributed by atoms with Crippen molar-refractivity contribution in [2.45, 2.75) is 27.2 Å². The molecule has 1 saturated heterocycles. The Morgan fingerprint density at radius 1 is 1.42 bits per heavy atom. The summed E-state index contributed by atoms with van der Waals surface area (Å²) >= 11 is 0. The van der Waals surface area contributed by atoms with Crippen LogP contribution in [0.3, 0.4) is 0 Å². The van der Waals surface area contributed by atoms with Crippen molar-refractivity contribution in [3.63, 3.8) is 0 Å². The summed E-state index contributed by atoms with van der Waals surface area (Å²) < 4.78 is 0. The number of aromatic nitrogens is 1. The fourth-order valence-corrected chi connectivity index (χ4v) is 2.45. The van der Waals surface area contributed by atoms with Crippen LogP contribution >= 0.6 is 0 Å². The van der Waals surface area contributed by atoms with Crippen molar-refractivity contribution in [1.82, 2.24) is 9.88 Å². The van der Waals surface area contributed by atoms with Crippen LogP contribution in [0.15, 0.2) is 18.5 Å². The largest absolute Gasteiger partial charge is 0.383 e. The fraction of sp³-hybridized carbons (Fsp3) is 0.600. The molecule has 1 fully saturated rings. The third-order valence-corrected chi connectivity index (χ3v) is 3.89. The van der Waals surface area contributed by atoms with Crippen molar-refractivity contribution in [1.29, 1.82) is 0 Å². The Morgan fingerprint density at radius 2 is 2.11 bits per heavy atom. The van der Waals surface area contributed by atoms with Crippen LogP contribution in [0, 0.1) is 11.8 Å². The second-order valence-electron chi connectivity index (χ2n) is 5.51. The zero-order valence-corrected chi connectivity index (χ0v) is 12.0. The highest BCUT2D eigenvalue weighted by molar-refractivity contribution is 5.99. The van der Waals surface area contributed by atoms with Crippen molar-refractivity contribution in [3.05, 3.63) is 24.0 Å². The number of anilines is 1. The number of nitrogens with zero attached hydrogens (tertiary/aromatic N) is 2. The minimum atomic E-state index is 0.122. The second-order valence-corrected chi connectivity index (χ2v) is 5.51. The van der Waals surface area contributed by atoms with Crippen LogP contribution in [0.5, 0.6) is 0 Å². The molecular weight excluding hydrogens is 238 g/mol. The average molecular weight is 261 g/mol. The van der Waals surface area contributed by atoms with Crippen LogP contribution in [-0.2, 0) is 0 Å². The molecule has 2 atom stereocenters. The normalized spacial score (nSPS) is 22.6. The number of hydrogen-bond acceptors (Lipinski definition) is 3. The fourth-order valence-electron chi connectivity index (χ4n) is 2.45. The van der Waals surface area contributed by atoms with Crippen molar-refractivity contribution in [3.8, 4) is 0 Å². The van der Waals surface area contributed by atoms with E-state index in [4.69, 9.17) is 0 Å². The van der Waals surface area contributed by atoms with Crippen molar-refractivity contribution < 1.29 is 4.79 Å². The predicted octanol–water partition coefficient (Wildman–Crippen LogP) is 2.63. The van der Waals surface area contributed by atoms with E-state index < -0.39 is 0 Å². The summed E-state index contributed by atoms with van der Waals surface area (Å²) in [5, 5.41) is 3.28. The summed E-state index contributed by atoms with van der Waals surface area (Å²) in [5.41, 5.74) is 1.59. The lowest BCUT2D eigenvalue weighted by molar-refractivity contribution is 0.0786. The first kappa shape index (κ1) is 13.8. The minimum absolute atomic E-state index is 0.122. The van der Waals surface area contributed by atoms with Crippen LogP contribution in [0.1, 0.15) is 37.6 Å². The van der Waals surface area contributed by atoms with E-state index >= 15 is 0 Å². The molecule has 19 heavy (non-hydrogen) atoms. The number of likely N-dealkylation sites (tertiary alicyclic amines) is 1. The van der Waals surface area contributed by atoms with Gasteiger partial charge in [-0.25, -0.2) is 0 Å². The van der Waals surface area contributed by atoms with Crippen molar-refractivity contribution in [2.75, 3.05) is 25.0 Å². The van der Waals surface area contributed by atoms with Crippen LogP contribution in [-0.4, -0.2) is 35.4 Å². The topological polar surface area (TPSA) is 45.2 Å². The summed E-state index contributed by atoms with van der Waals surface area (Å²) in [5.74, 6) is 1.29. The van der Waals surface area contributed by atoms with Gasteiger partial charge in [0.15, 0.2) is 0 Å². The van der Waals surface area contributed by atoms with Gasteiger partial charge in [-0.3, -0.25) is 9.78 Å². The summed E-state index contributed by atoms with van der Waals surface area (Å²) in [6.07, 6.45) is 4.46. The minimum Gasteiger partial charge on any atom is -0.383 e. The molecule has 1 aromatic heterocycles. The van der Waals surface area contributed by atoms with Gasteiger partial charge < -0.3 is 10.2 Å². The van der Waals surface area contributed by atoms with Gasteiger partial charge in [0.05, 0.1) is 17.4 Å². The van der Waals surface area contributed by atoms with Gasteiger partial charge in [-0.15, -0.1) is 0 Å². The summed E-state index contributed by atoms with van der Waals surface area (Å²) in [6.45, 7) is 9.10. The Kier molecular flexibility index (Phi) is 4.40. The summed E-state index contributed by atoms with van der Waals surface area (Å²) in [4.78, 5) is 18.6. The molecule has 0 aromatic carbocycles. The monoisotopic (exact) mass is 261 g/mol. The van der Waals surface area contributed by atoms with Gasteiger partial charge in [-0.2, -0.15) is 0 Å². The SMILES string of the molecule is CCCNc1cnccc1C(=O)N1CC(C)C(C)C1. The van der Waals surface area contributed by atoms with E-state index in [1.807, 2.05) is 11.0 Å². The highest BCUT2D eigenvalue weighted by atomic mass is 16.2. The molecule has 104 valence electrons. The molecule has 1 aromatic rings. The van der Waals surface area contributed by atoms with Gasteiger partial charge in [-0.1, -0.05) is 20.8 Å². The average Bonchev–Trinajstić information content (AvgIpc) is 2.76. The third-order valence-electron chi connectivity index (χ3n) is 3.89. The Labute approximate surface area is 115 Å². The second kappa shape index (κ2) is 6.04. The smallest absolute Gasteiger partial charge is 0.256 e. The highest BCUT2D eigenvalue weighted by Crippen LogP contribution is 2.25. The maximum absolute atomic E-state index is 12.6. The van der Waals surface area contributed by atoms with Crippen LogP contribution < -0.4 is 5.32 Å². The Morgan fingerprint density at radius 3 is 2.74 bits per heavy atom. The summed E-state index contributed by atoms with van der Waals surface area (Å²) in [6, 6.07) is 1.81. The molecule has 0 radical (unpaired) electrons. The molecule has 1 N–H and O–H groups in total. The van der Waals surface area contributed by atoms with E-state index in [1.165, 1.54) is 0 Å². The molecule has 1 amide bonds. The first-order valence-electron chi connectivity index (χ1n) is 7.10. The van der Waals surface area contributed by atoms with E-state index in [9.17, 15) is 4.79 Å². The molecule has 2 unspecified atom stereocenters. The molecule has 0 bridgehead atoms. The predicted molar refractivity (Wildman–Crippen MR) is 77.2 cm³/mol. The lowest BCUT2D eigenvalue weighted by Gasteiger charge is -2.18. The lowest BCUT2D eigenvalue weighted by atomic mass is 10.0. The quantitative estimate of drug-likeness (QED) is 0.906. The van der Waals surface area contributed by atoms with Crippen LogP contribution in [0.4, 0.5) is 5.69 Å². The number of nitrogens with one attached hydrogen (secondary N) is 1. The van der Waals surface area contributed by atoms with E-state index in [1.54, 1.807) is 12.4 Å². The number of rotatable bonds is 4. The Balaban J connectivity index is 2.15. The van der Waals surface area contributed by atoms with Gasteiger partial charge in [0.25, 0.3) is 5.91 Å². The highest BCUT2D eigenvalue weighted by Gasteiger charge is 2.30. The van der Waals surface area contributed by atoms with E-state index in [0.29, 0.717) is 11.8 Å². The number of hydrogen-bond donors (Lipinski definition) is 1. The first-order valence-corrected chi connectivity index (χ1v) is 7.10. The van der Waals surface area contributed by atoms with E-state index in [0.717, 1.165) is 37.3 Å². The maximum Gasteiger partial charge on any atom is 0.256 e. The molecule has 2 heterocycles. The molecule has 0 spiro atoms. The molecule has 2 rings (SSSR count). The number of amides is 1. The molecule has 4 nitrogen and oxygen atoms in total. The number of pyridine rings is 1. The maximum atomic E-state index is 12.6. The van der Waals surface area contributed by atoms with Gasteiger partial charge in [0.2, 0.25) is 0 Å². The zero-order chi connectivity index (χ0) is 13.8. The molecular formula is C15H23N3O. The Hall–Kier alpha value is -1.58. The van der Waals surface area contributed by atoms with E-state index in [2.05, 4.69) is 31.1 Å². The molecule has 0 aliphatic carbocycles. The number of carbonyl (C=O) groups excluding carboxylic acids is 1. The zero-order valence-electron chi connectivity index (χ0n) is 12.0. The van der Waals surface area contributed by atoms with Gasteiger partial charge in [0.1, 0.15) is 0 Å². The van der Waals surface area contributed by atoms with Crippen LogP contribution in [0.2, 0.25) is 0 Å². The lowest BCUT2D eigenvalue weighted by Crippen LogP contribution is -2.29. The standard InChI is InChI=1S/C15H23N3O/c1-4-6-17-14-8-16-7-5-13(14)15(19)18-9-11(2)12(3)10-18/h5,7-8,11-12,17H,4,6,9-10H2,1-3H3. The van der Waals surface area contributed by atoms with Gasteiger partial charge >= 0.3 is 0 Å². The van der Waals surface area contributed by atoms with Crippen molar-refractivity contribution in [2.24, 2.45) is 11.8 Å². The molecule has 4 heteroatoms. The van der Waals surface area contributed by atoms with Gasteiger partial charge in [-0.05, 0) is 24.3 Å².